The fraction of sp³-hybridized carbons (Fsp3) is 0.286. The van der Waals surface area contributed by atoms with E-state index in [-0.39, 0.29) is 34.2 Å². The van der Waals surface area contributed by atoms with Crippen LogP contribution in [0.5, 0.6) is 0 Å². The zero-order valence-electron chi connectivity index (χ0n) is 22.0. The van der Waals surface area contributed by atoms with Crippen molar-refractivity contribution < 1.29 is 9.18 Å². The van der Waals surface area contributed by atoms with Gasteiger partial charge in [0.25, 0.3) is 11.5 Å². The Balaban J connectivity index is 1.55. The molecule has 3 heterocycles. The van der Waals surface area contributed by atoms with E-state index in [2.05, 4.69) is 15.0 Å². The number of carbonyl (C=O) groups excluding carboxylic acids is 1. The van der Waals surface area contributed by atoms with Gasteiger partial charge in [-0.25, -0.2) is 14.4 Å². The van der Waals surface area contributed by atoms with E-state index in [1.165, 1.54) is 24.1 Å². The van der Waals surface area contributed by atoms with Crippen LogP contribution in [-0.2, 0) is 20.1 Å². The second kappa shape index (κ2) is 10.9. The molecule has 8 nitrogen and oxygen atoms in total. The first-order valence-electron chi connectivity index (χ1n) is 12.5. The van der Waals surface area contributed by atoms with Gasteiger partial charge in [0.15, 0.2) is 5.69 Å². The minimum Gasteiger partial charge on any atom is -0.377 e. The molecular formula is C28H28ClFN6O2S. The van der Waals surface area contributed by atoms with Crippen molar-refractivity contribution in [3.05, 3.63) is 91.7 Å². The Morgan fingerprint density at radius 2 is 1.92 bits per heavy atom. The van der Waals surface area contributed by atoms with Gasteiger partial charge in [-0.1, -0.05) is 42.6 Å². The van der Waals surface area contributed by atoms with Gasteiger partial charge < -0.3 is 10.2 Å². The Bertz CT molecular complexity index is 1660. The number of aryl methyl sites for hydroxylation is 1. The van der Waals surface area contributed by atoms with Crippen LogP contribution in [0.25, 0.3) is 10.9 Å². The first-order valence-corrected chi connectivity index (χ1v) is 13.9. The highest BCUT2D eigenvalue weighted by Crippen LogP contribution is 2.31. The van der Waals surface area contributed by atoms with Gasteiger partial charge in [-0.2, -0.15) is 0 Å². The minimum absolute atomic E-state index is 0.167. The van der Waals surface area contributed by atoms with Crippen molar-refractivity contribution in [2.45, 2.75) is 39.9 Å². The highest BCUT2D eigenvalue weighted by Gasteiger charge is 2.25. The van der Waals surface area contributed by atoms with E-state index in [1.807, 2.05) is 37.8 Å². The van der Waals surface area contributed by atoms with E-state index in [4.69, 9.17) is 16.6 Å². The van der Waals surface area contributed by atoms with E-state index in [9.17, 15) is 14.0 Å². The van der Waals surface area contributed by atoms with E-state index >= 15 is 0 Å². The first kappa shape index (κ1) is 27.0. The molecule has 0 radical (unpaired) electrons. The van der Waals surface area contributed by atoms with Crippen LogP contribution in [0, 0.1) is 12.7 Å². The molecule has 0 bridgehead atoms. The number of hydrogen-bond acceptors (Lipinski definition) is 7. The van der Waals surface area contributed by atoms with Crippen LogP contribution in [0.3, 0.4) is 0 Å². The number of hydrogen-bond donors (Lipinski definition) is 2. The maximum absolute atomic E-state index is 13.8. The lowest BCUT2D eigenvalue weighted by Crippen LogP contribution is -2.28. The van der Waals surface area contributed by atoms with Crippen molar-refractivity contribution in [1.82, 2.24) is 19.3 Å². The van der Waals surface area contributed by atoms with Gasteiger partial charge in [0.05, 0.1) is 22.6 Å². The molecule has 1 unspecified atom stereocenters. The summed E-state index contributed by atoms with van der Waals surface area (Å²) in [6.07, 6.45) is 0. The fourth-order valence-corrected chi connectivity index (χ4v) is 5.40. The summed E-state index contributed by atoms with van der Waals surface area (Å²) < 4.78 is 18.1. The number of aromatic nitrogens is 3. The topological polar surface area (TPSA) is 92.2 Å². The highest BCUT2D eigenvalue weighted by atomic mass is 35.5. The average molecular weight is 567 g/mol. The largest absolute Gasteiger partial charge is 0.377 e. The van der Waals surface area contributed by atoms with Crippen LogP contribution >= 0.6 is 23.5 Å². The predicted molar refractivity (Wildman–Crippen MR) is 155 cm³/mol. The van der Waals surface area contributed by atoms with Gasteiger partial charge in [0.1, 0.15) is 11.0 Å². The van der Waals surface area contributed by atoms with Gasteiger partial charge in [-0.3, -0.25) is 18.9 Å². The maximum Gasteiger partial charge on any atom is 0.281 e. The maximum atomic E-state index is 13.8. The zero-order valence-corrected chi connectivity index (χ0v) is 23.6. The smallest absolute Gasteiger partial charge is 0.281 e. The molecule has 5 rings (SSSR count). The molecule has 0 saturated heterocycles. The lowest BCUT2D eigenvalue weighted by molar-refractivity contribution is 0.0980. The van der Waals surface area contributed by atoms with Crippen molar-refractivity contribution in [2.75, 3.05) is 16.0 Å². The summed E-state index contributed by atoms with van der Waals surface area (Å²) in [5.74, 6) is 0.575. The molecule has 1 aliphatic heterocycles. The first-order chi connectivity index (χ1) is 18.7. The lowest BCUT2D eigenvalue weighted by atomic mass is 10.0. The molecule has 2 aromatic carbocycles. The van der Waals surface area contributed by atoms with Gasteiger partial charge in [-0.05, 0) is 60.9 Å². The van der Waals surface area contributed by atoms with Crippen molar-refractivity contribution in [3.63, 3.8) is 0 Å². The predicted octanol–water partition coefficient (Wildman–Crippen LogP) is 5.52. The molecule has 11 heteroatoms. The lowest BCUT2D eigenvalue weighted by Gasteiger charge is -2.23. The molecule has 1 aliphatic rings. The summed E-state index contributed by atoms with van der Waals surface area (Å²) in [5, 5.41) is 4.09. The molecular weight excluding hydrogens is 539 g/mol. The second-order valence-corrected chi connectivity index (χ2v) is 11.0. The van der Waals surface area contributed by atoms with Gasteiger partial charge in [0.2, 0.25) is 5.95 Å². The van der Waals surface area contributed by atoms with Crippen molar-refractivity contribution in [3.8, 4) is 0 Å². The summed E-state index contributed by atoms with van der Waals surface area (Å²) in [6.45, 7) is 6.79. The Hall–Kier alpha value is -3.63. The summed E-state index contributed by atoms with van der Waals surface area (Å²) in [4.78, 5) is 37.5. The third-order valence-electron chi connectivity index (χ3n) is 6.73. The van der Waals surface area contributed by atoms with Crippen molar-refractivity contribution >= 4 is 52.0 Å². The van der Waals surface area contributed by atoms with E-state index in [1.54, 1.807) is 29.8 Å². The number of halogens is 2. The van der Waals surface area contributed by atoms with Crippen LogP contribution in [0.2, 0.25) is 5.15 Å². The standard InChI is InChI=1S/C28H28ClFN6O2S/c1-5-39-34-26(37)25-22(8-9-23(29)32-25)31-16(3)20-10-15(2)11-21-24(20)33-28(35(4)27(21)38)36-13-17-6-7-19(30)12-18(17)14-36/h6-12,16,31H,5,13-14H2,1-4H3,(H,34,37). The molecule has 2 N–H and O–H groups in total. The van der Waals surface area contributed by atoms with E-state index in [0.717, 1.165) is 22.3 Å². The van der Waals surface area contributed by atoms with Gasteiger partial charge in [0, 0.05) is 31.5 Å². The molecule has 4 aromatic rings. The SMILES string of the molecule is CCSNC(=O)c1nc(Cl)ccc1NC(C)c1cc(C)cc2c(=O)n(C)c(N3Cc4ccc(F)cc4C3)nc12. The Morgan fingerprint density at radius 3 is 2.69 bits per heavy atom. The third-order valence-corrected chi connectivity index (χ3v) is 7.56. The normalized spacial score (nSPS) is 13.4. The van der Waals surface area contributed by atoms with Crippen molar-refractivity contribution in [2.24, 2.45) is 7.05 Å². The van der Waals surface area contributed by atoms with Crippen LogP contribution in [0.1, 0.15) is 52.6 Å². The molecule has 1 atom stereocenters. The molecule has 0 spiro atoms. The average Bonchev–Trinajstić information content (AvgIpc) is 3.33. The Morgan fingerprint density at radius 1 is 1.15 bits per heavy atom. The van der Waals surface area contributed by atoms with Crippen LogP contribution in [0.4, 0.5) is 16.0 Å². The zero-order chi connectivity index (χ0) is 27.8. The number of amides is 1. The van der Waals surface area contributed by atoms with Gasteiger partial charge in [-0.15, -0.1) is 0 Å². The quantitative estimate of drug-likeness (QED) is 0.225. The number of nitrogens with zero attached hydrogens (tertiary/aromatic N) is 4. The highest BCUT2D eigenvalue weighted by molar-refractivity contribution is 7.97. The number of carbonyl (C=O) groups is 1. The van der Waals surface area contributed by atoms with E-state index < -0.39 is 0 Å². The minimum atomic E-state index is -0.354. The monoisotopic (exact) mass is 566 g/mol. The molecule has 1 amide bonds. The van der Waals surface area contributed by atoms with Crippen LogP contribution < -0.4 is 20.5 Å². The number of nitrogens with one attached hydrogen (secondary N) is 2. The Kier molecular flexibility index (Phi) is 7.51. The molecule has 2 aromatic heterocycles. The summed E-state index contributed by atoms with van der Waals surface area (Å²) in [6, 6.07) is 11.6. The number of benzene rings is 2. The summed E-state index contributed by atoms with van der Waals surface area (Å²) in [7, 11) is 1.70. The molecule has 39 heavy (non-hydrogen) atoms. The molecule has 0 aliphatic carbocycles. The second-order valence-electron chi connectivity index (χ2n) is 9.56. The fourth-order valence-electron chi connectivity index (χ4n) is 4.88. The summed E-state index contributed by atoms with van der Waals surface area (Å²) >= 11 is 7.38. The van der Waals surface area contributed by atoms with Crippen LogP contribution in [-0.4, -0.2) is 26.2 Å². The van der Waals surface area contributed by atoms with Gasteiger partial charge >= 0.3 is 0 Å². The Labute approximate surface area is 234 Å². The number of rotatable bonds is 7. The van der Waals surface area contributed by atoms with Crippen LogP contribution in [0.15, 0.2) is 47.3 Å². The van der Waals surface area contributed by atoms with E-state index in [0.29, 0.717) is 41.4 Å². The molecule has 202 valence electrons. The van der Waals surface area contributed by atoms with Crippen molar-refractivity contribution in [1.29, 1.82) is 0 Å². The third kappa shape index (κ3) is 5.31. The molecule has 0 fully saturated rings. The number of pyridine rings is 1. The number of anilines is 2. The molecule has 0 saturated carbocycles. The number of fused-ring (bicyclic) bond motifs is 2. The summed E-state index contributed by atoms with van der Waals surface area (Å²) in [5.41, 5.74) is 4.69.